The Morgan fingerprint density at radius 3 is 2.57 bits per heavy atom. The molecule has 0 atom stereocenters. The van der Waals surface area contributed by atoms with Gasteiger partial charge < -0.3 is 5.32 Å². The summed E-state index contributed by atoms with van der Waals surface area (Å²) in [7, 11) is 0. The van der Waals surface area contributed by atoms with Crippen molar-refractivity contribution >= 4 is 28.6 Å². The van der Waals surface area contributed by atoms with Crippen LogP contribution in [0.4, 0.5) is 0 Å². The van der Waals surface area contributed by atoms with Gasteiger partial charge in [-0.2, -0.15) is 0 Å². The molecule has 28 heavy (non-hydrogen) atoms. The van der Waals surface area contributed by atoms with Crippen LogP contribution in [0.5, 0.6) is 0 Å². The van der Waals surface area contributed by atoms with Crippen LogP contribution in [0.15, 0.2) is 47.2 Å². The second-order valence-corrected chi connectivity index (χ2v) is 9.51. The van der Waals surface area contributed by atoms with E-state index >= 15 is 0 Å². The van der Waals surface area contributed by atoms with E-state index in [0.29, 0.717) is 12.1 Å². The average Bonchev–Trinajstić information content (AvgIpc) is 3.61. The van der Waals surface area contributed by atoms with E-state index in [0.717, 1.165) is 42.2 Å². The smallest absolute Gasteiger partial charge is 0.251 e. The lowest BCUT2D eigenvalue weighted by Crippen LogP contribution is -2.26. The number of carbonyl (C=O) groups excluding carboxylic acids is 1. The van der Waals surface area contributed by atoms with Gasteiger partial charge in [-0.05, 0) is 54.8 Å². The van der Waals surface area contributed by atoms with Crippen LogP contribution in [-0.4, -0.2) is 27.9 Å². The van der Waals surface area contributed by atoms with Crippen molar-refractivity contribution in [1.29, 1.82) is 0 Å². The fraction of sp³-hybridized carbons (Fsp3) is 0.364. The summed E-state index contributed by atoms with van der Waals surface area (Å²) in [5.41, 5.74) is 3.16. The summed E-state index contributed by atoms with van der Waals surface area (Å²) in [6.07, 6.45) is 4.77. The van der Waals surface area contributed by atoms with Crippen molar-refractivity contribution in [1.82, 2.24) is 15.2 Å². The van der Waals surface area contributed by atoms with Crippen molar-refractivity contribution in [3.8, 4) is 9.88 Å². The maximum absolute atomic E-state index is 12.2. The molecule has 6 heteroatoms. The summed E-state index contributed by atoms with van der Waals surface area (Å²) in [4.78, 5) is 20.8. The van der Waals surface area contributed by atoms with Gasteiger partial charge in [0.2, 0.25) is 0 Å². The zero-order valence-corrected chi connectivity index (χ0v) is 17.3. The van der Waals surface area contributed by atoms with Gasteiger partial charge in [-0.25, -0.2) is 4.98 Å². The largest absolute Gasteiger partial charge is 0.349 e. The zero-order valence-electron chi connectivity index (χ0n) is 15.6. The van der Waals surface area contributed by atoms with Crippen LogP contribution in [0.3, 0.4) is 0 Å². The molecule has 0 radical (unpaired) electrons. The minimum Gasteiger partial charge on any atom is -0.349 e. The Bertz CT molecular complexity index is 941. The lowest BCUT2D eigenvalue weighted by atomic mass is 10.1. The molecule has 2 saturated carbocycles. The molecule has 1 amide bonds. The predicted octanol–water partition coefficient (Wildman–Crippen LogP) is 4.93. The van der Waals surface area contributed by atoms with Gasteiger partial charge in [0.15, 0.2) is 0 Å². The van der Waals surface area contributed by atoms with Crippen molar-refractivity contribution in [2.24, 2.45) is 0 Å². The maximum atomic E-state index is 12.2. The molecule has 0 aliphatic heterocycles. The number of aromatic nitrogens is 1. The highest BCUT2D eigenvalue weighted by molar-refractivity contribution is 7.20. The van der Waals surface area contributed by atoms with Crippen molar-refractivity contribution < 1.29 is 4.79 Å². The third kappa shape index (κ3) is 4.35. The molecule has 2 aromatic heterocycles. The first-order valence-electron chi connectivity index (χ1n) is 9.87. The number of benzene rings is 1. The number of rotatable bonds is 8. The molecular weight excluding hydrogens is 386 g/mol. The van der Waals surface area contributed by atoms with Crippen molar-refractivity contribution in [2.45, 2.75) is 50.9 Å². The molecule has 3 aromatic rings. The van der Waals surface area contributed by atoms with E-state index in [1.807, 2.05) is 12.1 Å². The van der Waals surface area contributed by atoms with Crippen molar-refractivity contribution in [2.75, 3.05) is 0 Å². The van der Waals surface area contributed by atoms with E-state index in [1.54, 1.807) is 22.7 Å². The Kier molecular flexibility index (Phi) is 5.01. The number of nitrogens with one attached hydrogen (secondary N) is 1. The summed E-state index contributed by atoms with van der Waals surface area (Å²) in [6, 6.07) is 13.4. The van der Waals surface area contributed by atoms with Crippen molar-refractivity contribution in [3.05, 3.63) is 64.0 Å². The fourth-order valence-electron chi connectivity index (χ4n) is 3.35. The lowest BCUT2D eigenvalue weighted by Gasteiger charge is -2.21. The third-order valence-electron chi connectivity index (χ3n) is 5.23. The highest BCUT2D eigenvalue weighted by Crippen LogP contribution is 2.32. The third-order valence-corrected chi connectivity index (χ3v) is 7.16. The highest BCUT2D eigenvalue weighted by atomic mass is 32.1. The van der Waals surface area contributed by atoms with Gasteiger partial charge in [-0.3, -0.25) is 9.69 Å². The molecule has 2 heterocycles. The number of nitrogens with zero attached hydrogens (tertiary/aromatic N) is 2. The molecule has 2 fully saturated rings. The molecule has 5 rings (SSSR count). The van der Waals surface area contributed by atoms with Gasteiger partial charge in [-0.15, -0.1) is 22.7 Å². The van der Waals surface area contributed by atoms with E-state index in [-0.39, 0.29) is 5.91 Å². The van der Waals surface area contributed by atoms with E-state index in [4.69, 9.17) is 4.98 Å². The maximum Gasteiger partial charge on any atom is 0.251 e. The van der Waals surface area contributed by atoms with E-state index in [1.165, 1.54) is 23.3 Å². The number of carbonyl (C=O) groups is 1. The molecule has 144 valence electrons. The number of thiophene rings is 1. The number of hydrogen-bond donors (Lipinski definition) is 1. The van der Waals surface area contributed by atoms with Crippen LogP contribution in [0.1, 0.15) is 47.3 Å². The van der Waals surface area contributed by atoms with Gasteiger partial charge in [0.25, 0.3) is 5.91 Å². The summed E-state index contributed by atoms with van der Waals surface area (Å²) in [5, 5.41) is 8.46. The van der Waals surface area contributed by atoms with E-state index < -0.39 is 0 Å². The Balaban J connectivity index is 1.24. The number of thiazole rings is 1. The Morgan fingerprint density at radius 2 is 1.89 bits per heavy atom. The van der Waals surface area contributed by atoms with Crippen LogP contribution in [0, 0.1) is 0 Å². The minimum atomic E-state index is 0.0525. The molecule has 2 aliphatic carbocycles. The summed E-state index contributed by atoms with van der Waals surface area (Å²) in [5.74, 6) is 0.0525. The van der Waals surface area contributed by atoms with E-state index in [2.05, 4.69) is 45.2 Å². The van der Waals surface area contributed by atoms with Crippen LogP contribution in [0.25, 0.3) is 9.88 Å². The monoisotopic (exact) mass is 409 g/mol. The topological polar surface area (TPSA) is 45.2 Å². The second-order valence-electron chi connectivity index (χ2n) is 7.70. The first-order valence-corrected chi connectivity index (χ1v) is 11.6. The molecule has 2 aliphatic rings. The summed E-state index contributed by atoms with van der Waals surface area (Å²) < 4.78 is 0. The summed E-state index contributed by atoms with van der Waals surface area (Å²) >= 11 is 3.47. The minimum absolute atomic E-state index is 0.0525. The predicted molar refractivity (Wildman–Crippen MR) is 115 cm³/mol. The Morgan fingerprint density at radius 1 is 1.07 bits per heavy atom. The lowest BCUT2D eigenvalue weighted by molar-refractivity contribution is 0.0951. The SMILES string of the molecule is O=C(NC1CC1)c1ccc(CN(Cc2csc(-c3cccs3)n2)C2CC2)cc1. The first kappa shape index (κ1) is 18.0. The van der Waals surface area contributed by atoms with Gasteiger partial charge in [-0.1, -0.05) is 18.2 Å². The molecule has 4 nitrogen and oxygen atoms in total. The Labute approximate surface area is 173 Å². The Hall–Kier alpha value is -2.02. The van der Waals surface area contributed by atoms with Crippen molar-refractivity contribution in [3.63, 3.8) is 0 Å². The highest BCUT2D eigenvalue weighted by Gasteiger charge is 2.29. The van der Waals surface area contributed by atoms with Crippen LogP contribution >= 0.6 is 22.7 Å². The number of amides is 1. The molecule has 1 aromatic carbocycles. The van der Waals surface area contributed by atoms with Gasteiger partial charge in [0.05, 0.1) is 10.6 Å². The number of hydrogen-bond acceptors (Lipinski definition) is 5. The molecular formula is C22H23N3OS2. The zero-order chi connectivity index (χ0) is 18.9. The van der Waals surface area contributed by atoms with Gasteiger partial charge in [0, 0.05) is 36.1 Å². The van der Waals surface area contributed by atoms with Gasteiger partial charge in [0.1, 0.15) is 5.01 Å². The second kappa shape index (κ2) is 7.78. The average molecular weight is 410 g/mol. The first-order chi connectivity index (χ1) is 13.7. The fourth-order valence-corrected chi connectivity index (χ4v) is 4.97. The van der Waals surface area contributed by atoms with Gasteiger partial charge >= 0.3 is 0 Å². The standard InChI is InChI=1S/C22H23N3OS2/c26-21(23-17-7-8-17)16-5-3-15(4-6-16)12-25(19-9-10-19)13-18-14-28-22(24-18)20-2-1-11-27-20/h1-6,11,14,17,19H,7-10,12-13H2,(H,23,26). The molecule has 0 spiro atoms. The molecule has 1 N–H and O–H groups in total. The molecule has 0 unspecified atom stereocenters. The van der Waals surface area contributed by atoms with Crippen LogP contribution < -0.4 is 5.32 Å². The molecule has 0 saturated heterocycles. The normalized spacial score (nSPS) is 16.5. The summed E-state index contributed by atoms with van der Waals surface area (Å²) in [6.45, 7) is 1.79. The van der Waals surface area contributed by atoms with Crippen LogP contribution in [-0.2, 0) is 13.1 Å². The van der Waals surface area contributed by atoms with E-state index in [9.17, 15) is 4.79 Å². The molecule has 0 bridgehead atoms. The van der Waals surface area contributed by atoms with Crippen LogP contribution in [0.2, 0.25) is 0 Å². The quantitative estimate of drug-likeness (QED) is 0.574.